The number of allylic oxidation sites excluding steroid dienone is 2. The second kappa shape index (κ2) is 13.6. The van der Waals surface area contributed by atoms with Crippen LogP contribution in [-0.4, -0.2) is 52.0 Å². The summed E-state index contributed by atoms with van der Waals surface area (Å²) in [6.07, 6.45) is 3.95. The Morgan fingerprint density at radius 1 is 1.05 bits per heavy atom. The molecule has 44 heavy (non-hydrogen) atoms. The van der Waals surface area contributed by atoms with Crippen molar-refractivity contribution < 1.29 is 29.0 Å². The maximum Gasteiger partial charge on any atom is 0.416 e. The number of nitrogens with zero attached hydrogens (tertiary/aromatic N) is 2. The lowest BCUT2D eigenvalue weighted by Crippen LogP contribution is -2.50. The molecule has 0 aromatic heterocycles. The van der Waals surface area contributed by atoms with Gasteiger partial charge in [0.05, 0.1) is 23.3 Å². The van der Waals surface area contributed by atoms with E-state index < -0.39 is 24.4 Å². The van der Waals surface area contributed by atoms with Crippen LogP contribution in [0.5, 0.6) is 0 Å². The Balaban J connectivity index is 1.46. The Morgan fingerprint density at radius 3 is 2.32 bits per heavy atom. The molecule has 4 atom stereocenters. The number of nitrogens with one attached hydrogen (secondary N) is 1. The molecule has 0 saturated heterocycles. The van der Waals surface area contributed by atoms with Crippen LogP contribution in [0.3, 0.4) is 0 Å². The van der Waals surface area contributed by atoms with Gasteiger partial charge >= 0.3 is 6.09 Å². The first-order valence-corrected chi connectivity index (χ1v) is 15.1. The highest BCUT2D eigenvalue weighted by molar-refractivity contribution is 6.06. The third-order valence-corrected chi connectivity index (χ3v) is 8.65. The number of amides is 3. The van der Waals surface area contributed by atoms with Gasteiger partial charge in [0, 0.05) is 18.5 Å². The summed E-state index contributed by atoms with van der Waals surface area (Å²) in [5.41, 5.74) is 4.76. The highest BCUT2D eigenvalue weighted by Crippen LogP contribution is 2.38. The van der Waals surface area contributed by atoms with Crippen molar-refractivity contribution >= 4 is 29.4 Å². The van der Waals surface area contributed by atoms with Crippen molar-refractivity contribution in [1.29, 1.82) is 0 Å². The quantitative estimate of drug-likeness (QED) is 0.400. The fourth-order valence-corrected chi connectivity index (χ4v) is 5.33. The predicted octanol–water partition coefficient (Wildman–Crippen LogP) is 5.36. The van der Waals surface area contributed by atoms with E-state index in [1.165, 1.54) is 9.80 Å². The largest absolute Gasteiger partial charge is 0.444 e. The molecular formula is C35H43N3O6. The number of Topliss-reactive ketones (excluding diaryl/α,β-unsaturated/α-hetero) is 1. The van der Waals surface area contributed by atoms with Crippen molar-refractivity contribution in [2.75, 3.05) is 4.90 Å². The first-order chi connectivity index (χ1) is 20.8. The molecule has 2 aromatic rings. The molecule has 0 radical (unpaired) electrons. The molecule has 9 heteroatoms. The van der Waals surface area contributed by atoms with Crippen molar-refractivity contribution in [2.24, 2.45) is 11.8 Å². The molecule has 9 nitrogen and oxygen atoms in total. The Labute approximate surface area is 259 Å². The number of ether oxygens (including phenoxy) is 1. The summed E-state index contributed by atoms with van der Waals surface area (Å²) in [6.45, 7) is 13.1. The van der Waals surface area contributed by atoms with E-state index in [4.69, 9.17) is 4.74 Å². The van der Waals surface area contributed by atoms with Gasteiger partial charge in [-0.1, -0.05) is 57.2 Å². The standard InChI is InChI=1S/C35H43N3O6/c1-8-9-27-16-30-34(42)38(29-15-22(5)21(4)14-28(29)33(41)37(30)18-27)35(43)44-19-26-12-10-25(11-13-26)17-31(39)24(7)36-32(40)23(6)20(2)3/h8-15,18,20,23-24,30,34,42H,16-17,19H2,1-7H3,(H,36,40)/b9-8+/t23-,24-,30-,34-/m0/s1. The molecule has 0 fully saturated rings. The first-order valence-electron chi connectivity index (χ1n) is 15.1. The van der Waals surface area contributed by atoms with Gasteiger partial charge in [0.1, 0.15) is 6.61 Å². The maximum atomic E-state index is 13.6. The number of rotatable bonds is 9. The van der Waals surface area contributed by atoms with Crippen LogP contribution in [0.25, 0.3) is 0 Å². The Morgan fingerprint density at radius 2 is 1.68 bits per heavy atom. The van der Waals surface area contributed by atoms with Gasteiger partial charge in [0.15, 0.2) is 12.0 Å². The summed E-state index contributed by atoms with van der Waals surface area (Å²) in [6, 6.07) is 9.35. The predicted molar refractivity (Wildman–Crippen MR) is 169 cm³/mol. The van der Waals surface area contributed by atoms with Gasteiger partial charge in [-0.3, -0.25) is 14.4 Å². The van der Waals surface area contributed by atoms with Crippen molar-refractivity contribution in [3.63, 3.8) is 0 Å². The zero-order valence-corrected chi connectivity index (χ0v) is 26.6. The van der Waals surface area contributed by atoms with Gasteiger partial charge in [-0.05, 0) is 80.0 Å². The number of aliphatic hydroxyl groups excluding tert-OH is 1. The van der Waals surface area contributed by atoms with Gasteiger partial charge in [-0.2, -0.15) is 0 Å². The molecule has 0 saturated carbocycles. The summed E-state index contributed by atoms with van der Waals surface area (Å²) >= 11 is 0. The molecule has 0 spiro atoms. The lowest BCUT2D eigenvalue weighted by atomic mass is 9.96. The second-order valence-electron chi connectivity index (χ2n) is 12.2. The minimum absolute atomic E-state index is 0.0690. The molecule has 2 N–H and O–H groups in total. The molecule has 0 bridgehead atoms. The average Bonchev–Trinajstić information content (AvgIpc) is 3.38. The minimum Gasteiger partial charge on any atom is -0.444 e. The SMILES string of the molecule is C/C=C/C1=CN2C(=O)c3cc(C)c(C)cc3N(C(=O)OCc3ccc(CC(=O)[C@H](C)NC(=O)[C@@H](C)C(C)C)cc3)[C@@H](O)[C@@H]2C1. The maximum absolute atomic E-state index is 13.6. The van der Waals surface area contributed by atoms with Crippen LogP contribution >= 0.6 is 0 Å². The van der Waals surface area contributed by atoms with Gasteiger partial charge in [-0.25, -0.2) is 9.69 Å². The van der Waals surface area contributed by atoms with E-state index in [9.17, 15) is 24.3 Å². The number of fused-ring (bicyclic) bond motifs is 2. The fourth-order valence-electron chi connectivity index (χ4n) is 5.33. The highest BCUT2D eigenvalue weighted by atomic mass is 16.6. The van der Waals surface area contributed by atoms with E-state index >= 15 is 0 Å². The number of aryl methyl sites for hydroxylation is 2. The van der Waals surface area contributed by atoms with E-state index in [2.05, 4.69) is 5.32 Å². The smallest absolute Gasteiger partial charge is 0.416 e. The van der Waals surface area contributed by atoms with Gasteiger partial charge < -0.3 is 20.1 Å². The summed E-state index contributed by atoms with van der Waals surface area (Å²) in [7, 11) is 0. The van der Waals surface area contributed by atoms with E-state index in [1.54, 1.807) is 49.5 Å². The highest BCUT2D eigenvalue weighted by Gasteiger charge is 2.44. The number of ketones is 1. The molecule has 4 rings (SSSR count). The number of anilines is 1. The molecule has 2 aliphatic rings. The van der Waals surface area contributed by atoms with Crippen molar-refractivity contribution in [3.05, 3.63) is 88.1 Å². The Bertz CT molecular complexity index is 1490. The van der Waals surface area contributed by atoms with Crippen LogP contribution in [0.4, 0.5) is 10.5 Å². The molecule has 234 valence electrons. The van der Waals surface area contributed by atoms with Gasteiger partial charge in [-0.15, -0.1) is 0 Å². The number of carbonyl (C=O) groups excluding carboxylic acids is 4. The third kappa shape index (κ3) is 6.94. The first kappa shape index (κ1) is 32.7. The number of hydrogen-bond acceptors (Lipinski definition) is 6. The number of hydrogen-bond donors (Lipinski definition) is 2. The van der Waals surface area contributed by atoms with E-state index in [0.29, 0.717) is 23.2 Å². The van der Waals surface area contributed by atoms with Crippen molar-refractivity contribution in [1.82, 2.24) is 10.2 Å². The van der Waals surface area contributed by atoms with Crippen LogP contribution in [0, 0.1) is 25.7 Å². The molecule has 2 heterocycles. The average molecular weight is 602 g/mol. The lowest BCUT2D eigenvalue weighted by molar-refractivity contribution is -0.130. The van der Waals surface area contributed by atoms with E-state index in [1.807, 2.05) is 53.7 Å². The van der Waals surface area contributed by atoms with Crippen molar-refractivity contribution in [3.8, 4) is 0 Å². The second-order valence-corrected chi connectivity index (χ2v) is 12.2. The molecular weight excluding hydrogens is 558 g/mol. The van der Waals surface area contributed by atoms with Crippen LogP contribution in [-0.2, 0) is 27.4 Å². The summed E-state index contributed by atoms with van der Waals surface area (Å²) in [5.74, 6) is -0.530. The third-order valence-electron chi connectivity index (χ3n) is 8.65. The van der Waals surface area contributed by atoms with Crippen molar-refractivity contribution in [2.45, 2.75) is 86.2 Å². The molecule has 0 unspecified atom stereocenters. The Kier molecular flexibility index (Phi) is 10.1. The number of carbonyl (C=O) groups is 4. The van der Waals surface area contributed by atoms with Gasteiger partial charge in [0.2, 0.25) is 5.91 Å². The fraction of sp³-hybridized carbons (Fsp3) is 0.429. The molecule has 2 aromatic carbocycles. The lowest BCUT2D eigenvalue weighted by Gasteiger charge is -2.31. The van der Waals surface area contributed by atoms with Gasteiger partial charge in [0.25, 0.3) is 5.91 Å². The summed E-state index contributed by atoms with van der Waals surface area (Å²) in [5, 5.41) is 14.3. The minimum atomic E-state index is -1.33. The van der Waals surface area contributed by atoms with Crippen LogP contribution in [0.1, 0.15) is 73.7 Å². The zero-order chi connectivity index (χ0) is 32.3. The summed E-state index contributed by atoms with van der Waals surface area (Å²) < 4.78 is 5.67. The normalized spacial score (nSPS) is 19.3. The van der Waals surface area contributed by atoms with E-state index in [0.717, 1.165) is 22.3 Å². The number of benzene rings is 2. The van der Waals surface area contributed by atoms with E-state index in [-0.39, 0.29) is 42.5 Å². The zero-order valence-electron chi connectivity index (χ0n) is 26.6. The van der Waals surface area contributed by atoms with Crippen LogP contribution in [0.15, 0.2) is 60.3 Å². The van der Waals surface area contributed by atoms with Crippen LogP contribution < -0.4 is 10.2 Å². The molecule has 0 aliphatic carbocycles. The number of aliphatic hydroxyl groups is 1. The molecule has 3 amide bonds. The molecule has 2 aliphatic heterocycles. The monoisotopic (exact) mass is 601 g/mol. The van der Waals surface area contributed by atoms with Crippen LogP contribution in [0.2, 0.25) is 0 Å². The topological polar surface area (TPSA) is 116 Å². The Hall–Kier alpha value is -4.24. The summed E-state index contributed by atoms with van der Waals surface area (Å²) in [4.78, 5) is 54.9.